The highest BCUT2D eigenvalue weighted by Crippen LogP contribution is 2.24. The average molecular weight is 279 g/mol. The van der Waals surface area contributed by atoms with Crippen LogP contribution >= 0.6 is 15.9 Å². The van der Waals surface area contributed by atoms with E-state index in [0.717, 1.165) is 19.2 Å². The van der Waals surface area contributed by atoms with E-state index < -0.39 is 33.4 Å². The molecule has 0 atom stereocenters. The number of methoxy groups -OCH3 is 1. The molecule has 0 radical (unpaired) electrons. The third-order valence-electron chi connectivity index (χ3n) is 1.64. The number of rotatable bonds is 2. The molecule has 0 saturated heterocycles. The molecule has 0 heterocycles. The van der Waals surface area contributed by atoms with Crippen molar-refractivity contribution >= 4 is 27.7 Å². The molecule has 1 rings (SSSR count). The maximum atomic E-state index is 13.2. The van der Waals surface area contributed by atoms with Crippen molar-refractivity contribution in [3.8, 4) is 0 Å². The highest BCUT2D eigenvalue weighted by molar-refractivity contribution is 9.10. The summed E-state index contributed by atoms with van der Waals surface area (Å²) < 4.78 is 29.8. The van der Waals surface area contributed by atoms with E-state index in [4.69, 9.17) is 0 Å². The van der Waals surface area contributed by atoms with Gasteiger partial charge in [-0.15, -0.1) is 0 Å². The van der Waals surface area contributed by atoms with Crippen LogP contribution in [0, 0.1) is 11.6 Å². The van der Waals surface area contributed by atoms with Crippen molar-refractivity contribution in [3.05, 3.63) is 33.8 Å². The molecule has 80 valence electrons. The number of esters is 1. The molecule has 0 saturated carbocycles. The van der Waals surface area contributed by atoms with Gasteiger partial charge in [0.1, 0.15) is 11.6 Å². The van der Waals surface area contributed by atoms with Crippen LogP contribution < -0.4 is 0 Å². The molecule has 1 aromatic rings. The predicted octanol–water partition coefficient (Wildman–Crippen LogP) is 2.08. The van der Waals surface area contributed by atoms with E-state index in [1.165, 1.54) is 0 Å². The molecule has 0 bridgehead atoms. The van der Waals surface area contributed by atoms with E-state index in [0.29, 0.717) is 0 Å². The van der Waals surface area contributed by atoms with Crippen LogP contribution in [0.2, 0.25) is 0 Å². The third kappa shape index (κ3) is 2.20. The van der Waals surface area contributed by atoms with Crippen LogP contribution in [0.15, 0.2) is 16.6 Å². The SMILES string of the molecule is COC(=O)C(=O)c1c(F)ccc(F)c1Br. The summed E-state index contributed by atoms with van der Waals surface area (Å²) in [6.45, 7) is 0. The highest BCUT2D eigenvalue weighted by Gasteiger charge is 2.25. The second kappa shape index (κ2) is 4.48. The Morgan fingerprint density at radius 3 is 2.33 bits per heavy atom. The van der Waals surface area contributed by atoms with Crippen LogP contribution in [0.1, 0.15) is 10.4 Å². The number of carbonyl (C=O) groups is 2. The predicted molar refractivity (Wildman–Crippen MR) is 50.4 cm³/mol. The molecule has 3 nitrogen and oxygen atoms in total. The second-order valence-corrected chi connectivity index (χ2v) is 3.33. The summed E-state index contributed by atoms with van der Waals surface area (Å²) >= 11 is 2.69. The van der Waals surface area contributed by atoms with Crippen LogP contribution in [-0.4, -0.2) is 18.9 Å². The summed E-state index contributed by atoms with van der Waals surface area (Å²) in [5.41, 5.74) is -0.665. The number of hydrogen-bond donors (Lipinski definition) is 0. The highest BCUT2D eigenvalue weighted by atomic mass is 79.9. The standard InChI is InChI=1S/C9H5BrF2O3/c1-15-9(14)8(13)6-4(11)2-3-5(12)7(6)10/h2-3H,1H3. The molecular formula is C9H5BrF2O3. The monoisotopic (exact) mass is 278 g/mol. The van der Waals surface area contributed by atoms with Gasteiger partial charge in [0.2, 0.25) is 0 Å². The molecule has 0 aromatic heterocycles. The molecule has 15 heavy (non-hydrogen) atoms. The first-order valence-electron chi connectivity index (χ1n) is 3.75. The average Bonchev–Trinajstić information content (AvgIpc) is 2.22. The Morgan fingerprint density at radius 1 is 1.27 bits per heavy atom. The molecule has 0 aliphatic carbocycles. The Kier molecular flexibility index (Phi) is 3.52. The number of hydrogen-bond acceptors (Lipinski definition) is 3. The lowest BCUT2D eigenvalue weighted by Crippen LogP contribution is -2.18. The van der Waals surface area contributed by atoms with Crippen molar-refractivity contribution in [2.45, 2.75) is 0 Å². The summed E-state index contributed by atoms with van der Waals surface area (Å²) in [6.07, 6.45) is 0. The number of ketones is 1. The van der Waals surface area contributed by atoms with Crippen LogP contribution in [-0.2, 0) is 9.53 Å². The third-order valence-corrected chi connectivity index (χ3v) is 2.42. The minimum atomic E-state index is -1.25. The van der Waals surface area contributed by atoms with Gasteiger partial charge in [-0.1, -0.05) is 0 Å². The van der Waals surface area contributed by atoms with E-state index in [9.17, 15) is 18.4 Å². The summed E-state index contributed by atoms with van der Waals surface area (Å²) in [5.74, 6) is -4.30. The molecule has 0 N–H and O–H groups in total. The van der Waals surface area contributed by atoms with Crippen molar-refractivity contribution in [1.82, 2.24) is 0 Å². The van der Waals surface area contributed by atoms with Gasteiger partial charge in [-0.3, -0.25) is 4.79 Å². The van der Waals surface area contributed by atoms with Gasteiger partial charge < -0.3 is 4.74 Å². The Bertz CT molecular complexity index is 432. The zero-order valence-electron chi connectivity index (χ0n) is 7.51. The number of carbonyl (C=O) groups excluding carboxylic acids is 2. The molecule has 0 aliphatic rings. The van der Waals surface area contributed by atoms with Gasteiger partial charge in [0, 0.05) is 0 Å². The Balaban J connectivity index is 3.31. The van der Waals surface area contributed by atoms with E-state index >= 15 is 0 Å². The van der Waals surface area contributed by atoms with Gasteiger partial charge in [0.25, 0.3) is 5.78 Å². The zero-order valence-corrected chi connectivity index (χ0v) is 9.10. The number of halogens is 3. The van der Waals surface area contributed by atoms with Crippen molar-refractivity contribution in [2.24, 2.45) is 0 Å². The topological polar surface area (TPSA) is 43.4 Å². The summed E-state index contributed by atoms with van der Waals surface area (Å²) in [6, 6.07) is 1.60. The molecular weight excluding hydrogens is 274 g/mol. The van der Waals surface area contributed by atoms with E-state index in [1.54, 1.807) is 0 Å². The zero-order chi connectivity index (χ0) is 11.6. The smallest absolute Gasteiger partial charge is 0.379 e. The van der Waals surface area contributed by atoms with Gasteiger partial charge in [-0.25, -0.2) is 13.6 Å². The van der Waals surface area contributed by atoms with Gasteiger partial charge in [-0.2, -0.15) is 0 Å². The van der Waals surface area contributed by atoms with Crippen LogP contribution in [0.3, 0.4) is 0 Å². The van der Waals surface area contributed by atoms with Gasteiger partial charge >= 0.3 is 5.97 Å². The fraction of sp³-hybridized carbons (Fsp3) is 0.111. The van der Waals surface area contributed by atoms with Crippen molar-refractivity contribution < 1.29 is 23.1 Å². The van der Waals surface area contributed by atoms with E-state index in [1.807, 2.05) is 0 Å². The van der Waals surface area contributed by atoms with Gasteiger partial charge in [0.05, 0.1) is 17.1 Å². The fourth-order valence-corrected chi connectivity index (χ4v) is 1.43. The van der Waals surface area contributed by atoms with Crippen LogP contribution in [0.25, 0.3) is 0 Å². The van der Waals surface area contributed by atoms with Crippen molar-refractivity contribution in [2.75, 3.05) is 7.11 Å². The van der Waals surface area contributed by atoms with Crippen LogP contribution in [0.5, 0.6) is 0 Å². The first-order chi connectivity index (χ1) is 6.99. The summed E-state index contributed by atoms with van der Waals surface area (Å²) in [5, 5.41) is 0. The maximum absolute atomic E-state index is 13.2. The van der Waals surface area contributed by atoms with Crippen molar-refractivity contribution in [3.63, 3.8) is 0 Å². The van der Waals surface area contributed by atoms with E-state index in [-0.39, 0.29) is 0 Å². The Hall–Kier alpha value is -1.30. The minimum Gasteiger partial charge on any atom is -0.463 e. The van der Waals surface area contributed by atoms with Gasteiger partial charge in [0.15, 0.2) is 0 Å². The quantitative estimate of drug-likeness (QED) is 0.360. The number of Topliss-reactive ketones (excluding diaryl/α,β-unsaturated/α-hetero) is 1. The molecule has 0 unspecified atom stereocenters. The second-order valence-electron chi connectivity index (χ2n) is 2.54. The lowest BCUT2D eigenvalue weighted by Gasteiger charge is -2.04. The molecule has 6 heteroatoms. The fourth-order valence-electron chi connectivity index (χ4n) is 0.930. The lowest BCUT2D eigenvalue weighted by atomic mass is 10.1. The number of ether oxygens (including phenoxy) is 1. The van der Waals surface area contributed by atoms with Crippen LogP contribution in [0.4, 0.5) is 8.78 Å². The molecule has 0 amide bonds. The first-order valence-corrected chi connectivity index (χ1v) is 4.54. The summed E-state index contributed by atoms with van der Waals surface area (Å²) in [7, 11) is 0.978. The van der Waals surface area contributed by atoms with Crippen molar-refractivity contribution in [1.29, 1.82) is 0 Å². The molecule has 0 spiro atoms. The summed E-state index contributed by atoms with van der Waals surface area (Å²) in [4.78, 5) is 22.1. The molecule has 0 fully saturated rings. The minimum absolute atomic E-state index is 0.391. The van der Waals surface area contributed by atoms with E-state index in [2.05, 4.69) is 20.7 Å². The first kappa shape index (κ1) is 11.8. The lowest BCUT2D eigenvalue weighted by molar-refractivity contribution is -0.135. The maximum Gasteiger partial charge on any atom is 0.379 e. The molecule has 1 aromatic carbocycles. The van der Waals surface area contributed by atoms with Gasteiger partial charge in [-0.05, 0) is 28.1 Å². The molecule has 0 aliphatic heterocycles. The Morgan fingerprint density at radius 2 is 1.80 bits per heavy atom. The normalized spacial score (nSPS) is 9.87. The Labute approximate surface area is 92.2 Å². The number of benzene rings is 1. The largest absolute Gasteiger partial charge is 0.463 e.